The fraction of sp³-hybridized carbons (Fsp3) is 0.474. The Labute approximate surface area is 146 Å². The van der Waals surface area contributed by atoms with Gasteiger partial charge in [-0.1, -0.05) is 0 Å². The van der Waals surface area contributed by atoms with Crippen molar-refractivity contribution < 1.29 is 18.7 Å². The number of nitrogens with zero attached hydrogens (tertiary/aromatic N) is 2. The number of ether oxygens (including phenoxy) is 2. The second kappa shape index (κ2) is 6.61. The molecule has 1 amide bonds. The van der Waals surface area contributed by atoms with Gasteiger partial charge in [-0.25, -0.2) is 0 Å². The monoisotopic (exact) mass is 342 g/mol. The minimum absolute atomic E-state index is 0.0675. The molecular formula is C19H22N2O4. The molecule has 2 aliphatic heterocycles. The predicted molar refractivity (Wildman–Crippen MR) is 90.1 cm³/mol. The maximum absolute atomic E-state index is 12.4. The van der Waals surface area contributed by atoms with E-state index in [2.05, 4.69) is 4.98 Å². The fourth-order valence-electron chi connectivity index (χ4n) is 3.54. The number of aryl methyl sites for hydroxylation is 1. The van der Waals surface area contributed by atoms with E-state index in [1.807, 2.05) is 25.1 Å². The molecule has 2 aliphatic rings. The Balaban J connectivity index is 1.31. The third-order valence-corrected chi connectivity index (χ3v) is 4.88. The van der Waals surface area contributed by atoms with Crippen LogP contribution in [0.5, 0.6) is 0 Å². The summed E-state index contributed by atoms with van der Waals surface area (Å²) in [5.74, 6) is 1.08. The van der Waals surface area contributed by atoms with Crippen molar-refractivity contribution in [3.63, 3.8) is 0 Å². The smallest absolute Gasteiger partial charge is 0.289 e. The molecule has 2 fully saturated rings. The van der Waals surface area contributed by atoms with Crippen LogP contribution in [0.4, 0.5) is 0 Å². The summed E-state index contributed by atoms with van der Waals surface area (Å²) in [6, 6.07) is 7.46. The van der Waals surface area contributed by atoms with Crippen LogP contribution in [-0.4, -0.2) is 47.2 Å². The van der Waals surface area contributed by atoms with Crippen LogP contribution in [0.25, 0.3) is 0 Å². The number of furan rings is 1. The van der Waals surface area contributed by atoms with E-state index in [0.29, 0.717) is 32.1 Å². The van der Waals surface area contributed by atoms with Crippen LogP contribution < -0.4 is 0 Å². The van der Waals surface area contributed by atoms with Crippen LogP contribution in [0.3, 0.4) is 0 Å². The summed E-state index contributed by atoms with van der Waals surface area (Å²) in [6.07, 6.45) is 5.41. The standard InChI is InChI=1S/C19H22N2O4/c1-14-2-3-17(25-14)18(22)21-12-19(13-21)10-16(6-9-24-19)23-11-15-4-7-20-8-5-15/h2-5,7-8,16H,6,9-13H2,1H3. The minimum Gasteiger partial charge on any atom is -0.456 e. The highest BCUT2D eigenvalue weighted by atomic mass is 16.5. The van der Waals surface area contributed by atoms with Crippen molar-refractivity contribution in [2.24, 2.45) is 0 Å². The molecule has 132 valence electrons. The van der Waals surface area contributed by atoms with Crippen molar-refractivity contribution in [2.45, 2.75) is 38.1 Å². The lowest BCUT2D eigenvalue weighted by Gasteiger charge is -2.52. The first-order chi connectivity index (χ1) is 12.1. The summed E-state index contributed by atoms with van der Waals surface area (Å²) in [6.45, 7) is 4.28. The van der Waals surface area contributed by atoms with Gasteiger partial charge in [0.1, 0.15) is 11.4 Å². The lowest BCUT2D eigenvalue weighted by atomic mass is 9.84. The summed E-state index contributed by atoms with van der Waals surface area (Å²) >= 11 is 0. The van der Waals surface area contributed by atoms with Crippen molar-refractivity contribution >= 4 is 5.91 Å². The van der Waals surface area contributed by atoms with Gasteiger partial charge in [0, 0.05) is 25.4 Å². The van der Waals surface area contributed by atoms with Crippen LogP contribution in [0, 0.1) is 6.92 Å². The third-order valence-electron chi connectivity index (χ3n) is 4.88. The highest BCUT2D eigenvalue weighted by molar-refractivity contribution is 5.92. The normalized spacial score (nSPS) is 22.0. The summed E-state index contributed by atoms with van der Waals surface area (Å²) in [5, 5.41) is 0. The molecule has 0 bridgehead atoms. The molecule has 0 aliphatic carbocycles. The highest BCUT2D eigenvalue weighted by Gasteiger charge is 2.50. The van der Waals surface area contributed by atoms with Crippen LogP contribution in [0.2, 0.25) is 0 Å². The first-order valence-corrected chi connectivity index (χ1v) is 8.64. The number of hydrogen-bond acceptors (Lipinski definition) is 5. The average molecular weight is 342 g/mol. The molecule has 0 aromatic carbocycles. The van der Waals surface area contributed by atoms with Gasteiger partial charge in [-0.05, 0) is 43.2 Å². The van der Waals surface area contributed by atoms with E-state index in [9.17, 15) is 4.79 Å². The van der Waals surface area contributed by atoms with E-state index in [1.165, 1.54) is 0 Å². The van der Waals surface area contributed by atoms with Crippen molar-refractivity contribution in [3.8, 4) is 0 Å². The van der Waals surface area contributed by atoms with E-state index >= 15 is 0 Å². The summed E-state index contributed by atoms with van der Waals surface area (Å²) in [7, 11) is 0. The molecule has 1 unspecified atom stereocenters. The Morgan fingerprint density at radius 3 is 2.84 bits per heavy atom. The van der Waals surface area contributed by atoms with Crippen molar-refractivity contribution in [1.82, 2.24) is 9.88 Å². The Kier molecular flexibility index (Phi) is 4.31. The lowest BCUT2D eigenvalue weighted by Crippen LogP contribution is -2.67. The number of hydrogen-bond donors (Lipinski definition) is 0. The predicted octanol–water partition coefficient (Wildman–Crippen LogP) is 2.57. The fourth-order valence-corrected chi connectivity index (χ4v) is 3.54. The molecule has 6 nitrogen and oxygen atoms in total. The third kappa shape index (κ3) is 3.45. The number of carbonyl (C=O) groups is 1. The molecule has 0 radical (unpaired) electrons. The quantitative estimate of drug-likeness (QED) is 0.854. The van der Waals surface area contributed by atoms with Crippen LogP contribution in [0.1, 0.15) is 34.7 Å². The van der Waals surface area contributed by atoms with Gasteiger partial charge >= 0.3 is 0 Å². The number of aromatic nitrogens is 1. The first-order valence-electron chi connectivity index (χ1n) is 8.64. The topological polar surface area (TPSA) is 64.8 Å². The van der Waals surface area contributed by atoms with Crippen LogP contribution >= 0.6 is 0 Å². The first kappa shape index (κ1) is 16.3. The van der Waals surface area contributed by atoms with Gasteiger partial charge in [0.25, 0.3) is 5.91 Å². The second-order valence-corrected chi connectivity index (χ2v) is 6.88. The van der Waals surface area contributed by atoms with Gasteiger partial charge in [0.2, 0.25) is 0 Å². The van der Waals surface area contributed by atoms with E-state index in [1.54, 1.807) is 23.4 Å². The number of carbonyl (C=O) groups excluding carboxylic acids is 1. The summed E-state index contributed by atoms with van der Waals surface area (Å²) in [4.78, 5) is 18.2. The molecule has 0 N–H and O–H groups in total. The van der Waals surface area contributed by atoms with Gasteiger partial charge in [-0.2, -0.15) is 0 Å². The van der Waals surface area contributed by atoms with Gasteiger partial charge in [-0.15, -0.1) is 0 Å². The second-order valence-electron chi connectivity index (χ2n) is 6.88. The van der Waals surface area contributed by atoms with Crippen LogP contribution in [-0.2, 0) is 16.1 Å². The van der Waals surface area contributed by atoms with E-state index in [4.69, 9.17) is 13.9 Å². The number of pyridine rings is 1. The van der Waals surface area contributed by atoms with Crippen LogP contribution in [0.15, 0.2) is 41.1 Å². The van der Waals surface area contributed by atoms with E-state index in [-0.39, 0.29) is 17.6 Å². The van der Waals surface area contributed by atoms with Gasteiger partial charge < -0.3 is 18.8 Å². The van der Waals surface area contributed by atoms with Crippen molar-refractivity contribution in [1.29, 1.82) is 0 Å². The van der Waals surface area contributed by atoms with Gasteiger partial charge in [0.15, 0.2) is 5.76 Å². The van der Waals surface area contributed by atoms with Crippen molar-refractivity contribution in [3.05, 3.63) is 53.7 Å². The van der Waals surface area contributed by atoms with Gasteiger partial charge in [0.05, 0.1) is 25.8 Å². The molecule has 4 heterocycles. The maximum Gasteiger partial charge on any atom is 0.289 e. The molecule has 1 spiro atoms. The molecular weight excluding hydrogens is 320 g/mol. The molecule has 1 atom stereocenters. The molecule has 0 saturated carbocycles. The molecule has 2 saturated heterocycles. The van der Waals surface area contributed by atoms with Crippen molar-refractivity contribution in [2.75, 3.05) is 19.7 Å². The zero-order valence-corrected chi connectivity index (χ0v) is 14.3. The molecule has 4 rings (SSSR count). The summed E-state index contributed by atoms with van der Waals surface area (Å²) < 4.78 is 17.5. The van der Waals surface area contributed by atoms with E-state index < -0.39 is 0 Å². The number of amides is 1. The molecule has 2 aromatic rings. The summed E-state index contributed by atoms with van der Waals surface area (Å²) in [5.41, 5.74) is 0.854. The highest BCUT2D eigenvalue weighted by Crippen LogP contribution is 2.36. The number of rotatable bonds is 4. The van der Waals surface area contributed by atoms with E-state index in [0.717, 1.165) is 24.2 Å². The largest absolute Gasteiger partial charge is 0.456 e. The zero-order chi connectivity index (χ0) is 17.3. The Morgan fingerprint density at radius 2 is 2.12 bits per heavy atom. The Hall–Kier alpha value is -2.18. The molecule has 2 aromatic heterocycles. The van der Waals surface area contributed by atoms with Gasteiger partial charge in [-0.3, -0.25) is 9.78 Å². The zero-order valence-electron chi connectivity index (χ0n) is 14.3. The molecule has 6 heteroatoms. The minimum atomic E-state index is -0.265. The average Bonchev–Trinajstić information content (AvgIpc) is 3.05. The maximum atomic E-state index is 12.4. The Morgan fingerprint density at radius 1 is 1.32 bits per heavy atom. The number of likely N-dealkylation sites (tertiary alicyclic amines) is 1. The lowest BCUT2D eigenvalue weighted by molar-refractivity contribution is -0.188. The molecule has 25 heavy (non-hydrogen) atoms. The SMILES string of the molecule is Cc1ccc(C(=O)N2CC3(CC(OCc4ccncc4)CCO3)C2)o1. The Bertz CT molecular complexity index is 737.